The maximum Gasteiger partial charge on any atom is 0.320 e. The molecule has 3 heterocycles. The molecule has 10 atom stereocenters. The topological polar surface area (TPSA) is 193 Å². The largest absolute Gasteiger partial charge is 0.459 e. The quantitative estimate of drug-likeness (QED) is 0.0280. The highest BCUT2D eigenvalue weighted by Gasteiger charge is 2.45. The molecule has 0 saturated carbocycles. The van der Waals surface area contributed by atoms with Crippen molar-refractivity contribution in [2.75, 3.05) is 39.4 Å². The van der Waals surface area contributed by atoms with Gasteiger partial charge in [-0.25, -0.2) is 0 Å². The minimum atomic E-state index is -1.55. The fraction of sp³-hybridized carbons (Fsp3) is 0.979. The minimum Gasteiger partial charge on any atom is -0.459 e. The maximum atomic E-state index is 12.2. The number of carbonyl (C=O) groups is 1. The zero-order valence-electron chi connectivity index (χ0n) is 39.0. The van der Waals surface area contributed by atoms with Crippen molar-refractivity contribution in [3.63, 3.8) is 0 Å². The molecular formula is C48H93N3O10. The number of nitrogens with zero attached hydrogens (tertiary/aromatic N) is 1. The van der Waals surface area contributed by atoms with E-state index in [1.807, 2.05) is 20.8 Å². The lowest BCUT2D eigenvalue weighted by Crippen LogP contribution is -2.60. The summed E-state index contributed by atoms with van der Waals surface area (Å²) < 4.78 is 17.0. The molecule has 0 spiro atoms. The zero-order chi connectivity index (χ0) is 44.5. The third-order valence-corrected chi connectivity index (χ3v) is 13.3. The Hall–Kier alpha value is -0.970. The fourth-order valence-electron chi connectivity index (χ4n) is 9.43. The standard InChI is InChI=1S/C48H93N3O10/c1-5-6-7-8-9-10-11-12-13-18-21-24-27-39(53)42(55)38(35-59-47-45(58)44(57)43(56)40(34-52)60-47)46-49-32-37(50-46)26-23-20-17-15-14-16-19-22-25-36-28-30-51(31-29-36)33-41(54)61-48(2,3)4/h36-40,42-47,49-50,52-53,55-58H,5-35H2,1-4H3/t37?,38-,39+,40?,42-,43?,44?,45?,46?,47?/m0/s1. The lowest BCUT2D eigenvalue weighted by molar-refractivity contribution is -0.305. The second kappa shape index (κ2) is 31.0. The number of likely N-dealkylation sites (tertiary alicyclic amines) is 1. The molecule has 0 radical (unpaired) electrons. The van der Waals surface area contributed by atoms with E-state index in [1.54, 1.807) is 0 Å². The number of ether oxygens (including phenoxy) is 3. The molecule has 13 heteroatoms. The summed E-state index contributed by atoms with van der Waals surface area (Å²) in [7, 11) is 0. The molecule has 13 nitrogen and oxygen atoms in total. The lowest BCUT2D eigenvalue weighted by Gasteiger charge is -2.40. The Morgan fingerprint density at radius 2 is 1.30 bits per heavy atom. The van der Waals surface area contributed by atoms with Gasteiger partial charge in [-0.2, -0.15) is 0 Å². The second-order valence-corrected chi connectivity index (χ2v) is 19.9. The monoisotopic (exact) mass is 872 g/mol. The van der Waals surface area contributed by atoms with Crippen molar-refractivity contribution in [2.45, 2.75) is 249 Å². The van der Waals surface area contributed by atoms with Crippen LogP contribution in [0, 0.1) is 11.8 Å². The van der Waals surface area contributed by atoms with E-state index in [0.29, 0.717) is 13.0 Å². The molecule has 8 N–H and O–H groups in total. The van der Waals surface area contributed by atoms with Crippen LogP contribution >= 0.6 is 0 Å². The van der Waals surface area contributed by atoms with Gasteiger partial charge in [-0.1, -0.05) is 142 Å². The van der Waals surface area contributed by atoms with E-state index in [9.17, 15) is 35.4 Å². The molecule has 7 unspecified atom stereocenters. The van der Waals surface area contributed by atoms with Gasteiger partial charge in [0.1, 0.15) is 30.0 Å². The lowest BCUT2D eigenvalue weighted by atomic mass is 9.91. The van der Waals surface area contributed by atoms with Gasteiger partial charge in [-0.05, 0) is 65.5 Å². The molecule has 0 aromatic heterocycles. The summed E-state index contributed by atoms with van der Waals surface area (Å²) in [5.74, 6) is 0.0709. The highest BCUT2D eigenvalue weighted by atomic mass is 16.7. The molecule has 3 rings (SSSR count). The van der Waals surface area contributed by atoms with Crippen molar-refractivity contribution in [1.82, 2.24) is 15.5 Å². The first kappa shape index (κ1) is 54.4. The van der Waals surface area contributed by atoms with E-state index in [0.717, 1.165) is 57.7 Å². The van der Waals surface area contributed by atoms with E-state index in [2.05, 4.69) is 22.5 Å². The number of piperidine rings is 1. The fourth-order valence-corrected chi connectivity index (χ4v) is 9.43. The van der Waals surface area contributed by atoms with Crippen LogP contribution in [0.1, 0.15) is 188 Å². The summed E-state index contributed by atoms with van der Waals surface area (Å²) in [4.78, 5) is 14.4. The van der Waals surface area contributed by atoms with E-state index in [-0.39, 0.29) is 24.8 Å². The van der Waals surface area contributed by atoms with Crippen LogP contribution in [0.5, 0.6) is 0 Å². The van der Waals surface area contributed by atoms with E-state index >= 15 is 0 Å². The predicted octanol–water partition coefficient (Wildman–Crippen LogP) is 6.07. The van der Waals surface area contributed by atoms with Crippen molar-refractivity contribution < 1.29 is 49.6 Å². The maximum absolute atomic E-state index is 12.2. The number of rotatable bonds is 33. The molecule has 61 heavy (non-hydrogen) atoms. The van der Waals surface area contributed by atoms with Gasteiger partial charge in [0, 0.05) is 18.5 Å². The third kappa shape index (κ3) is 22.2. The Bertz CT molecular complexity index is 1110. The van der Waals surface area contributed by atoms with Crippen molar-refractivity contribution in [3.05, 3.63) is 0 Å². The first-order chi connectivity index (χ1) is 29.3. The Kier molecular flexibility index (Phi) is 27.7. The number of unbranched alkanes of at least 4 members (excludes halogenated alkanes) is 18. The molecule has 3 aliphatic rings. The highest BCUT2D eigenvalue weighted by molar-refractivity contribution is 5.72. The smallest absolute Gasteiger partial charge is 0.320 e. The van der Waals surface area contributed by atoms with Crippen LogP contribution in [-0.4, -0.2) is 142 Å². The van der Waals surface area contributed by atoms with Crippen molar-refractivity contribution in [2.24, 2.45) is 11.8 Å². The number of carbonyl (C=O) groups excluding carboxylic acids is 1. The summed E-state index contributed by atoms with van der Waals surface area (Å²) in [5.41, 5.74) is -0.427. The average molecular weight is 872 g/mol. The highest BCUT2D eigenvalue weighted by Crippen LogP contribution is 2.27. The van der Waals surface area contributed by atoms with E-state index in [4.69, 9.17) is 14.2 Å². The normalized spacial score (nSPS) is 27.0. The second-order valence-electron chi connectivity index (χ2n) is 19.9. The van der Waals surface area contributed by atoms with Crippen LogP contribution in [0.2, 0.25) is 0 Å². The van der Waals surface area contributed by atoms with Gasteiger partial charge in [-0.3, -0.25) is 20.3 Å². The number of hydrogen-bond donors (Lipinski definition) is 8. The van der Waals surface area contributed by atoms with Crippen LogP contribution in [0.4, 0.5) is 0 Å². The SMILES string of the molecule is CCCCCCCCCCCCCC[C@@H](O)[C@@H](O)[C@H](COC1OC(CO)C(O)C(O)C1O)C1NCC(CCCCCCCCCCC2CCN(CC(=O)OC(C)(C)C)CC2)N1. The van der Waals surface area contributed by atoms with Gasteiger partial charge in [0.25, 0.3) is 0 Å². The zero-order valence-corrected chi connectivity index (χ0v) is 39.0. The summed E-state index contributed by atoms with van der Waals surface area (Å²) in [5, 5.41) is 70.6. The molecule has 0 aromatic rings. The van der Waals surface area contributed by atoms with Crippen LogP contribution in [0.25, 0.3) is 0 Å². The first-order valence-corrected chi connectivity index (χ1v) is 25.0. The number of esters is 1. The number of aliphatic hydroxyl groups excluding tert-OH is 6. The Morgan fingerprint density at radius 3 is 1.85 bits per heavy atom. The summed E-state index contributed by atoms with van der Waals surface area (Å²) in [6.45, 7) is 10.5. The summed E-state index contributed by atoms with van der Waals surface area (Å²) >= 11 is 0. The van der Waals surface area contributed by atoms with E-state index in [1.165, 1.54) is 122 Å². The Balaban J connectivity index is 1.31. The number of hydrogen-bond acceptors (Lipinski definition) is 13. The van der Waals surface area contributed by atoms with Crippen LogP contribution in [0.3, 0.4) is 0 Å². The molecular weight excluding hydrogens is 779 g/mol. The molecule has 0 aromatic carbocycles. The molecule has 360 valence electrons. The van der Waals surface area contributed by atoms with Gasteiger partial charge >= 0.3 is 5.97 Å². The van der Waals surface area contributed by atoms with E-state index < -0.39 is 61.0 Å². The molecule has 3 fully saturated rings. The Labute approximate surface area is 370 Å². The van der Waals surface area contributed by atoms with Gasteiger partial charge in [0.05, 0.1) is 38.1 Å². The molecule has 0 amide bonds. The molecule has 0 bridgehead atoms. The van der Waals surface area contributed by atoms with Crippen molar-refractivity contribution in [1.29, 1.82) is 0 Å². The minimum absolute atomic E-state index is 0.0775. The van der Waals surface area contributed by atoms with Crippen LogP contribution < -0.4 is 10.6 Å². The van der Waals surface area contributed by atoms with Crippen LogP contribution in [-0.2, 0) is 19.0 Å². The third-order valence-electron chi connectivity index (χ3n) is 13.3. The van der Waals surface area contributed by atoms with Crippen molar-refractivity contribution in [3.8, 4) is 0 Å². The first-order valence-electron chi connectivity index (χ1n) is 25.0. The Morgan fingerprint density at radius 1 is 0.754 bits per heavy atom. The van der Waals surface area contributed by atoms with Crippen LogP contribution in [0.15, 0.2) is 0 Å². The van der Waals surface area contributed by atoms with Gasteiger partial charge in [-0.15, -0.1) is 0 Å². The molecule has 0 aliphatic carbocycles. The van der Waals surface area contributed by atoms with Gasteiger partial charge in [0.15, 0.2) is 6.29 Å². The van der Waals surface area contributed by atoms with Gasteiger partial charge in [0.2, 0.25) is 0 Å². The average Bonchev–Trinajstić information content (AvgIpc) is 3.70. The predicted molar refractivity (Wildman–Crippen MR) is 241 cm³/mol. The summed E-state index contributed by atoms with van der Waals surface area (Å²) in [6.07, 6.45) is 20.3. The van der Waals surface area contributed by atoms with Crippen molar-refractivity contribution >= 4 is 5.97 Å². The number of nitrogens with one attached hydrogen (secondary N) is 2. The summed E-state index contributed by atoms with van der Waals surface area (Å²) in [6, 6.07) is 0.213. The number of aliphatic hydroxyl groups is 6. The van der Waals surface area contributed by atoms with Gasteiger partial charge < -0.3 is 44.8 Å². The molecule has 3 saturated heterocycles. The molecule has 3 aliphatic heterocycles.